The van der Waals surface area contributed by atoms with Crippen molar-refractivity contribution in [3.63, 3.8) is 0 Å². The summed E-state index contributed by atoms with van der Waals surface area (Å²) in [6.07, 6.45) is 1.59. The average molecular weight is 189 g/mol. The number of amides is 1. The van der Waals surface area contributed by atoms with Gasteiger partial charge in [0.1, 0.15) is 0 Å². The second-order valence-corrected chi connectivity index (χ2v) is 3.78. The number of benzene rings is 1. The number of rotatable bonds is 1. The molecule has 0 N–H and O–H groups in total. The predicted molar refractivity (Wildman–Crippen MR) is 57.5 cm³/mol. The lowest BCUT2D eigenvalue weighted by atomic mass is 10.1. The van der Waals surface area contributed by atoms with E-state index in [0.29, 0.717) is 6.42 Å². The van der Waals surface area contributed by atoms with Crippen molar-refractivity contribution in [3.05, 3.63) is 29.3 Å². The van der Waals surface area contributed by atoms with Crippen molar-refractivity contribution < 1.29 is 4.79 Å². The fourth-order valence-corrected chi connectivity index (χ4v) is 1.98. The zero-order valence-corrected chi connectivity index (χ0v) is 8.71. The molecule has 2 rings (SSSR count). The Balaban J connectivity index is 2.35. The molecule has 0 atom stereocenters. The van der Waals surface area contributed by atoms with Gasteiger partial charge >= 0.3 is 0 Å². The van der Waals surface area contributed by atoms with Crippen LogP contribution in [-0.2, 0) is 11.2 Å². The third-order valence-corrected chi connectivity index (χ3v) is 2.73. The van der Waals surface area contributed by atoms with E-state index in [9.17, 15) is 4.79 Å². The summed E-state index contributed by atoms with van der Waals surface area (Å²) in [5.74, 6) is 0.229. The van der Waals surface area contributed by atoms with Crippen LogP contribution in [0.5, 0.6) is 0 Å². The van der Waals surface area contributed by atoms with Crippen molar-refractivity contribution in [2.75, 3.05) is 11.4 Å². The number of anilines is 1. The van der Waals surface area contributed by atoms with E-state index in [-0.39, 0.29) is 5.91 Å². The Morgan fingerprint density at radius 3 is 3.00 bits per heavy atom. The number of fused-ring (bicyclic) bond motifs is 1. The minimum Gasteiger partial charge on any atom is -0.312 e. The first kappa shape index (κ1) is 9.25. The van der Waals surface area contributed by atoms with Gasteiger partial charge in [0.25, 0.3) is 0 Å². The molecule has 1 aliphatic heterocycles. The molecule has 1 heterocycles. The van der Waals surface area contributed by atoms with Gasteiger partial charge in [-0.25, -0.2) is 0 Å². The lowest BCUT2D eigenvalue weighted by Gasteiger charge is -2.16. The van der Waals surface area contributed by atoms with E-state index in [0.717, 1.165) is 18.7 Å². The highest BCUT2D eigenvalue weighted by Crippen LogP contribution is 2.28. The van der Waals surface area contributed by atoms with Gasteiger partial charge in [0.15, 0.2) is 0 Å². The van der Waals surface area contributed by atoms with Crippen LogP contribution in [0, 0.1) is 6.92 Å². The van der Waals surface area contributed by atoms with Gasteiger partial charge in [-0.15, -0.1) is 0 Å². The second-order valence-electron chi connectivity index (χ2n) is 3.78. The predicted octanol–water partition coefficient (Wildman–Crippen LogP) is 2.29. The van der Waals surface area contributed by atoms with Crippen molar-refractivity contribution in [3.8, 4) is 0 Å². The van der Waals surface area contributed by atoms with Crippen LogP contribution in [0.4, 0.5) is 5.69 Å². The minimum absolute atomic E-state index is 0.229. The van der Waals surface area contributed by atoms with Crippen molar-refractivity contribution in [2.24, 2.45) is 0 Å². The van der Waals surface area contributed by atoms with Crippen LogP contribution in [0.25, 0.3) is 0 Å². The highest BCUT2D eigenvalue weighted by molar-refractivity contribution is 5.95. The van der Waals surface area contributed by atoms with Gasteiger partial charge in [0.2, 0.25) is 5.91 Å². The summed E-state index contributed by atoms with van der Waals surface area (Å²) in [6.45, 7) is 4.85. The molecule has 1 aliphatic rings. The van der Waals surface area contributed by atoms with Gasteiger partial charge in [-0.05, 0) is 25.0 Å². The Kier molecular flexibility index (Phi) is 2.28. The highest BCUT2D eigenvalue weighted by atomic mass is 16.2. The molecule has 0 radical (unpaired) electrons. The van der Waals surface area contributed by atoms with Gasteiger partial charge in [0.05, 0.1) is 0 Å². The van der Waals surface area contributed by atoms with E-state index in [4.69, 9.17) is 0 Å². The molecule has 0 aromatic heterocycles. The van der Waals surface area contributed by atoms with Crippen LogP contribution in [0.3, 0.4) is 0 Å². The molecule has 14 heavy (non-hydrogen) atoms. The van der Waals surface area contributed by atoms with Gasteiger partial charge < -0.3 is 4.90 Å². The monoisotopic (exact) mass is 189 g/mol. The molecule has 0 fully saturated rings. The van der Waals surface area contributed by atoms with Crippen LogP contribution in [-0.4, -0.2) is 12.5 Å². The summed E-state index contributed by atoms with van der Waals surface area (Å²) in [5.41, 5.74) is 3.70. The topological polar surface area (TPSA) is 20.3 Å². The second kappa shape index (κ2) is 3.45. The Morgan fingerprint density at radius 2 is 2.29 bits per heavy atom. The Morgan fingerprint density at radius 1 is 1.50 bits per heavy atom. The van der Waals surface area contributed by atoms with E-state index in [1.165, 1.54) is 11.1 Å². The summed E-state index contributed by atoms with van der Waals surface area (Å²) < 4.78 is 0. The van der Waals surface area contributed by atoms with E-state index in [1.54, 1.807) is 0 Å². The molecule has 0 bridgehead atoms. The third kappa shape index (κ3) is 1.41. The summed E-state index contributed by atoms with van der Waals surface area (Å²) in [5, 5.41) is 0. The van der Waals surface area contributed by atoms with E-state index < -0.39 is 0 Å². The molecule has 2 nitrogen and oxygen atoms in total. The molecule has 0 saturated carbocycles. The van der Waals surface area contributed by atoms with Gasteiger partial charge in [-0.1, -0.05) is 24.6 Å². The number of hydrogen-bond acceptors (Lipinski definition) is 1. The molecule has 0 unspecified atom stereocenters. The van der Waals surface area contributed by atoms with E-state index >= 15 is 0 Å². The van der Waals surface area contributed by atoms with E-state index in [1.807, 2.05) is 11.8 Å². The van der Waals surface area contributed by atoms with Crippen LogP contribution in [0.1, 0.15) is 24.5 Å². The zero-order valence-electron chi connectivity index (χ0n) is 8.71. The fourth-order valence-electron chi connectivity index (χ4n) is 1.98. The summed E-state index contributed by atoms with van der Waals surface area (Å²) in [7, 11) is 0. The zero-order chi connectivity index (χ0) is 10.1. The third-order valence-electron chi connectivity index (χ3n) is 2.73. The molecule has 74 valence electrons. The first-order valence-electron chi connectivity index (χ1n) is 5.12. The molecule has 2 heteroatoms. The Bertz CT molecular complexity index is 371. The van der Waals surface area contributed by atoms with Gasteiger partial charge in [0, 0.05) is 18.7 Å². The van der Waals surface area contributed by atoms with Crippen LogP contribution >= 0.6 is 0 Å². The lowest BCUT2D eigenvalue weighted by molar-refractivity contribution is -0.118. The number of carbonyl (C=O) groups excluding carboxylic acids is 1. The van der Waals surface area contributed by atoms with Crippen molar-refractivity contribution in [1.82, 2.24) is 0 Å². The Hall–Kier alpha value is -1.31. The maximum Gasteiger partial charge on any atom is 0.226 e. The minimum atomic E-state index is 0.229. The van der Waals surface area contributed by atoms with Crippen LogP contribution < -0.4 is 4.90 Å². The maximum atomic E-state index is 11.6. The summed E-state index contributed by atoms with van der Waals surface area (Å²) in [4.78, 5) is 13.5. The quantitative estimate of drug-likeness (QED) is 0.663. The lowest BCUT2D eigenvalue weighted by Crippen LogP contribution is -2.27. The number of nitrogens with zero attached hydrogens (tertiary/aromatic N) is 1. The largest absolute Gasteiger partial charge is 0.312 e. The SMILES string of the molecule is CCC(=O)N1CCc2cc(C)ccc21. The molecule has 1 amide bonds. The molecule has 1 aromatic carbocycles. The molecular formula is C12H15NO. The fraction of sp³-hybridized carbons (Fsp3) is 0.417. The smallest absolute Gasteiger partial charge is 0.226 e. The molecule has 1 aromatic rings. The number of aryl methyl sites for hydroxylation is 1. The van der Waals surface area contributed by atoms with Crippen molar-refractivity contribution in [2.45, 2.75) is 26.7 Å². The summed E-state index contributed by atoms with van der Waals surface area (Å²) >= 11 is 0. The Labute approximate surface area is 84.5 Å². The van der Waals surface area contributed by atoms with E-state index in [2.05, 4.69) is 25.1 Å². The van der Waals surface area contributed by atoms with Gasteiger partial charge in [-0.3, -0.25) is 4.79 Å². The van der Waals surface area contributed by atoms with Crippen molar-refractivity contribution in [1.29, 1.82) is 0 Å². The van der Waals surface area contributed by atoms with Gasteiger partial charge in [-0.2, -0.15) is 0 Å². The number of hydrogen-bond donors (Lipinski definition) is 0. The standard InChI is InChI=1S/C12H15NO/c1-3-12(14)13-7-6-10-8-9(2)4-5-11(10)13/h4-5,8H,3,6-7H2,1-2H3. The van der Waals surface area contributed by atoms with Crippen molar-refractivity contribution >= 4 is 11.6 Å². The first-order valence-corrected chi connectivity index (χ1v) is 5.12. The molecule has 0 aliphatic carbocycles. The van der Waals surface area contributed by atoms with Crippen LogP contribution in [0.2, 0.25) is 0 Å². The van der Waals surface area contributed by atoms with Crippen LogP contribution in [0.15, 0.2) is 18.2 Å². The highest BCUT2D eigenvalue weighted by Gasteiger charge is 2.22. The maximum absolute atomic E-state index is 11.6. The normalized spacial score (nSPS) is 14.3. The molecule has 0 spiro atoms. The first-order chi connectivity index (χ1) is 6.72. The number of carbonyl (C=O) groups is 1. The molecular weight excluding hydrogens is 174 g/mol. The molecule has 0 saturated heterocycles. The summed E-state index contributed by atoms with van der Waals surface area (Å²) in [6, 6.07) is 6.31. The average Bonchev–Trinajstić information content (AvgIpc) is 2.59.